The van der Waals surface area contributed by atoms with Crippen LogP contribution in [0.5, 0.6) is 5.75 Å². The maximum atomic E-state index is 13.7. The molecule has 0 saturated carbocycles. The van der Waals surface area contributed by atoms with Crippen molar-refractivity contribution in [2.24, 2.45) is 5.73 Å². The zero-order valence-corrected chi connectivity index (χ0v) is 8.62. The number of nitrogens with zero attached hydrogens (tertiary/aromatic N) is 1. The highest BCUT2D eigenvalue weighted by Gasteiger charge is 2.26. The second-order valence-electron chi connectivity index (χ2n) is 3.84. The van der Waals surface area contributed by atoms with Crippen molar-refractivity contribution in [1.29, 1.82) is 0 Å². The molecule has 1 atom stereocenters. The predicted octanol–water partition coefficient (Wildman–Crippen LogP) is 1.84. The van der Waals surface area contributed by atoms with Gasteiger partial charge in [-0.3, -0.25) is 4.98 Å². The van der Waals surface area contributed by atoms with E-state index in [1.165, 1.54) is 19.5 Å². The Morgan fingerprint density at radius 2 is 2.14 bits per heavy atom. The van der Waals surface area contributed by atoms with Crippen LogP contribution in [0.1, 0.15) is 25.6 Å². The van der Waals surface area contributed by atoms with Gasteiger partial charge in [-0.25, -0.2) is 4.39 Å². The quantitative estimate of drug-likeness (QED) is 0.806. The highest BCUT2D eigenvalue weighted by Crippen LogP contribution is 2.28. The van der Waals surface area contributed by atoms with E-state index in [0.29, 0.717) is 11.3 Å². The number of hydrogen-bond acceptors (Lipinski definition) is 3. The number of halogens is 1. The van der Waals surface area contributed by atoms with Gasteiger partial charge in [-0.2, -0.15) is 0 Å². The molecule has 1 aromatic rings. The lowest BCUT2D eigenvalue weighted by Gasteiger charge is -2.23. The molecular weight excluding hydrogens is 183 g/mol. The van der Waals surface area contributed by atoms with Crippen molar-refractivity contribution >= 4 is 0 Å². The molecule has 1 heterocycles. The Labute approximate surface area is 83.1 Å². The molecule has 0 radical (unpaired) electrons. The second-order valence-corrected chi connectivity index (χ2v) is 3.84. The molecule has 0 spiro atoms. The summed E-state index contributed by atoms with van der Waals surface area (Å²) in [7, 11) is 1.52. The van der Waals surface area contributed by atoms with Gasteiger partial charge in [0.2, 0.25) is 0 Å². The minimum Gasteiger partial charge on any atom is -0.495 e. The molecule has 0 aromatic carbocycles. The topological polar surface area (TPSA) is 48.1 Å². The Morgan fingerprint density at radius 1 is 1.50 bits per heavy atom. The summed E-state index contributed by atoms with van der Waals surface area (Å²) < 4.78 is 18.7. The predicted molar refractivity (Wildman–Crippen MR) is 52.9 cm³/mol. The fourth-order valence-electron chi connectivity index (χ4n) is 1.12. The third kappa shape index (κ3) is 2.42. The maximum Gasteiger partial charge on any atom is 0.144 e. The van der Waals surface area contributed by atoms with Crippen LogP contribution in [0.4, 0.5) is 4.39 Å². The Kier molecular flexibility index (Phi) is 3.06. The normalized spacial score (nSPS) is 13.8. The Morgan fingerprint density at radius 3 is 2.64 bits per heavy atom. The standard InChI is InChI=1S/C10H15FN2O/c1-10(2,12)9(11)7-4-8(14-3)6-13-5-7/h4-6,9H,12H2,1-3H3. The van der Waals surface area contributed by atoms with E-state index >= 15 is 0 Å². The van der Waals surface area contributed by atoms with E-state index in [0.717, 1.165) is 0 Å². The fraction of sp³-hybridized carbons (Fsp3) is 0.500. The van der Waals surface area contributed by atoms with Crippen molar-refractivity contribution in [3.8, 4) is 5.75 Å². The number of methoxy groups -OCH3 is 1. The van der Waals surface area contributed by atoms with Gasteiger partial charge in [-0.15, -0.1) is 0 Å². The van der Waals surface area contributed by atoms with E-state index in [1.807, 2.05) is 0 Å². The maximum absolute atomic E-state index is 13.7. The highest BCUT2D eigenvalue weighted by atomic mass is 19.1. The monoisotopic (exact) mass is 198 g/mol. The molecule has 0 fully saturated rings. The summed E-state index contributed by atoms with van der Waals surface area (Å²) in [6.45, 7) is 3.27. The van der Waals surface area contributed by atoms with Crippen LogP contribution in [0.2, 0.25) is 0 Å². The number of hydrogen-bond donors (Lipinski definition) is 1. The molecule has 2 N–H and O–H groups in total. The third-order valence-electron chi connectivity index (χ3n) is 1.92. The number of rotatable bonds is 3. The van der Waals surface area contributed by atoms with Gasteiger partial charge in [0.1, 0.15) is 11.9 Å². The van der Waals surface area contributed by atoms with Gasteiger partial charge in [0, 0.05) is 17.3 Å². The fourth-order valence-corrected chi connectivity index (χ4v) is 1.12. The lowest BCUT2D eigenvalue weighted by atomic mass is 9.95. The molecule has 0 aliphatic heterocycles. The number of pyridine rings is 1. The van der Waals surface area contributed by atoms with E-state index < -0.39 is 11.7 Å². The molecule has 1 rings (SSSR count). The minimum atomic E-state index is -1.25. The Bertz CT molecular complexity index is 309. The van der Waals surface area contributed by atoms with Crippen LogP contribution >= 0.6 is 0 Å². The molecule has 0 aliphatic rings. The average molecular weight is 198 g/mol. The first kappa shape index (κ1) is 10.9. The largest absolute Gasteiger partial charge is 0.495 e. The molecule has 78 valence electrons. The Balaban J connectivity index is 2.95. The molecule has 4 heteroatoms. The van der Waals surface area contributed by atoms with Gasteiger partial charge in [-0.05, 0) is 19.9 Å². The van der Waals surface area contributed by atoms with Gasteiger partial charge < -0.3 is 10.5 Å². The van der Waals surface area contributed by atoms with Crippen LogP contribution in [-0.4, -0.2) is 17.6 Å². The molecule has 0 amide bonds. The molecule has 3 nitrogen and oxygen atoms in total. The summed E-state index contributed by atoms with van der Waals surface area (Å²) in [4.78, 5) is 3.87. The van der Waals surface area contributed by atoms with E-state index in [-0.39, 0.29) is 0 Å². The summed E-state index contributed by atoms with van der Waals surface area (Å²) in [5.41, 5.74) is 5.19. The molecule has 0 saturated heterocycles. The summed E-state index contributed by atoms with van der Waals surface area (Å²) in [6.07, 6.45) is 1.74. The first-order valence-corrected chi connectivity index (χ1v) is 4.37. The van der Waals surface area contributed by atoms with Crippen LogP contribution in [0, 0.1) is 0 Å². The lowest BCUT2D eigenvalue weighted by Crippen LogP contribution is -2.37. The summed E-state index contributed by atoms with van der Waals surface area (Å²) >= 11 is 0. The summed E-state index contributed by atoms with van der Waals surface area (Å²) in [5, 5.41) is 0. The van der Waals surface area contributed by atoms with Crippen molar-refractivity contribution in [1.82, 2.24) is 4.98 Å². The molecule has 0 bridgehead atoms. The van der Waals surface area contributed by atoms with Crippen molar-refractivity contribution in [2.75, 3.05) is 7.11 Å². The second kappa shape index (κ2) is 3.92. The number of aromatic nitrogens is 1. The van der Waals surface area contributed by atoms with Gasteiger partial charge in [0.25, 0.3) is 0 Å². The van der Waals surface area contributed by atoms with Crippen LogP contribution in [0.25, 0.3) is 0 Å². The van der Waals surface area contributed by atoms with Crippen LogP contribution < -0.4 is 10.5 Å². The highest BCUT2D eigenvalue weighted by molar-refractivity contribution is 5.26. The lowest BCUT2D eigenvalue weighted by molar-refractivity contribution is 0.222. The number of alkyl halides is 1. The van der Waals surface area contributed by atoms with E-state index in [2.05, 4.69) is 4.98 Å². The van der Waals surface area contributed by atoms with Gasteiger partial charge >= 0.3 is 0 Å². The van der Waals surface area contributed by atoms with Gasteiger partial charge in [0.15, 0.2) is 0 Å². The average Bonchev–Trinajstić information content (AvgIpc) is 2.15. The first-order valence-electron chi connectivity index (χ1n) is 4.37. The van der Waals surface area contributed by atoms with Gasteiger partial charge in [0.05, 0.1) is 13.3 Å². The Hall–Kier alpha value is -1.16. The first-order chi connectivity index (χ1) is 6.45. The van der Waals surface area contributed by atoms with Crippen LogP contribution in [0.15, 0.2) is 18.5 Å². The molecule has 1 unspecified atom stereocenters. The van der Waals surface area contributed by atoms with Crippen molar-refractivity contribution < 1.29 is 9.13 Å². The minimum absolute atomic E-state index is 0.442. The van der Waals surface area contributed by atoms with E-state index in [4.69, 9.17) is 10.5 Å². The van der Waals surface area contributed by atoms with E-state index in [1.54, 1.807) is 19.9 Å². The molecule has 14 heavy (non-hydrogen) atoms. The summed E-state index contributed by atoms with van der Waals surface area (Å²) in [6, 6.07) is 1.60. The van der Waals surface area contributed by atoms with Gasteiger partial charge in [-0.1, -0.05) is 0 Å². The van der Waals surface area contributed by atoms with Crippen LogP contribution in [-0.2, 0) is 0 Å². The summed E-state index contributed by atoms with van der Waals surface area (Å²) in [5.74, 6) is 0.536. The van der Waals surface area contributed by atoms with Crippen molar-refractivity contribution in [2.45, 2.75) is 25.6 Å². The molecule has 1 aromatic heterocycles. The zero-order valence-electron chi connectivity index (χ0n) is 8.62. The molecular formula is C10H15FN2O. The number of ether oxygens (including phenoxy) is 1. The van der Waals surface area contributed by atoms with Crippen molar-refractivity contribution in [3.63, 3.8) is 0 Å². The number of nitrogens with two attached hydrogens (primary N) is 1. The third-order valence-corrected chi connectivity index (χ3v) is 1.92. The zero-order chi connectivity index (χ0) is 10.8. The van der Waals surface area contributed by atoms with Crippen LogP contribution in [0.3, 0.4) is 0 Å². The SMILES string of the molecule is COc1cncc(C(F)C(C)(C)N)c1. The van der Waals surface area contributed by atoms with E-state index in [9.17, 15) is 4.39 Å². The van der Waals surface area contributed by atoms with Crippen molar-refractivity contribution in [3.05, 3.63) is 24.0 Å². The smallest absolute Gasteiger partial charge is 0.144 e. The molecule has 0 aliphatic carbocycles.